The lowest BCUT2D eigenvalue weighted by molar-refractivity contribution is 0.0689. The molecule has 1 unspecified atom stereocenters. The molecule has 0 fully saturated rings. The Hall–Kier alpha value is -2.96. The van der Waals surface area contributed by atoms with Crippen molar-refractivity contribution in [1.29, 1.82) is 0 Å². The fourth-order valence-corrected chi connectivity index (χ4v) is 2.46. The summed E-state index contributed by atoms with van der Waals surface area (Å²) in [7, 11) is 0. The Labute approximate surface area is 125 Å². The van der Waals surface area contributed by atoms with Gasteiger partial charge < -0.3 is 5.11 Å². The molecule has 3 rings (SSSR count). The van der Waals surface area contributed by atoms with Gasteiger partial charge in [-0.3, -0.25) is 9.55 Å². The minimum Gasteiger partial charge on any atom is -0.476 e. The molecule has 0 aliphatic heterocycles. The van der Waals surface area contributed by atoms with Crippen LogP contribution in [-0.2, 0) is 0 Å². The standard InChI is InChI=1S/C15H14N4O3/c1-8-11(14(20)21)17-13-12(16-8)18-15(22)19(13)9(2)10-6-4-3-5-7-10/h3-7,9H,1-2H3,(H,20,21)(H,16,18,22). The minimum atomic E-state index is -1.17. The largest absolute Gasteiger partial charge is 0.476 e. The summed E-state index contributed by atoms with van der Waals surface area (Å²) in [6, 6.07) is 9.15. The molecular formula is C15H14N4O3. The second-order valence-corrected chi connectivity index (χ2v) is 5.02. The van der Waals surface area contributed by atoms with Crippen LogP contribution in [-0.4, -0.2) is 30.6 Å². The lowest BCUT2D eigenvalue weighted by Gasteiger charge is -2.13. The Morgan fingerprint density at radius 1 is 1.27 bits per heavy atom. The van der Waals surface area contributed by atoms with Gasteiger partial charge in [-0.15, -0.1) is 0 Å². The molecule has 7 heteroatoms. The molecule has 1 atom stereocenters. The van der Waals surface area contributed by atoms with Crippen LogP contribution in [0, 0.1) is 6.92 Å². The maximum atomic E-state index is 12.2. The summed E-state index contributed by atoms with van der Waals surface area (Å²) in [4.78, 5) is 34.3. The van der Waals surface area contributed by atoms with Crippen LogP contribution in [0.5, 0.6) is 0 Å². The number of aromatic carboxylic acids is 1. The quantitative estimate of drug-likeness (QED) is 0.767. The highest BCUT2D eigenvalue weighted by Crippen LogP contribution is 2.20. The Morgan fingerprint density at radius 2 is 1.95 bits per heavy atom. The topological polar surface area (TPSA) is 101 Å². The minimum absolute atomic E-state index is 0.152. The second-order valence-electron chi connectivity index (χ2n) is 5.02. The van der Waals surface area contributed by atoms with Crippen LogP contribution >= 0.6 is 0 Å². The summed E-state index contributed by atoms with van der Waals surface area (Å²) in [6.07, 6.45) is 0. The lowest BCUT2D eigenvalue weighted by Crippen LogP contribution is -2.21. The van der Waals surface area contributed by atoms with Crippen LogP contribution in [0.4, 0.5) is 0 Å². The summed E-state index contributed by atoms with van der Waals surface area (Å²) in [5.41, 5.74) is 1.19. The van der Waals surface area contributed by atoms with E-state index in [2.05, 4.69) is 15.0 Å². The number of hydrogen-bond acceptors (Lipinski definition) is 4. The predicted molar refractivity (Wildman–Crippen MR) is 80.1 cm³/mol. The van der Waals surface area contributed by atoms with Gasteiger partial charge in [-0.1, -0.05) is 30.3 Å². The number of carboxylic acids is 1. The molecule has 0 radical (unpaired) electrons. The van der Waals surface area contributed by atoms with Crippen molar-refractivity contribution in [3.8, 4) is 0 Å². The van der Waals surface area contributed by atoms with Gasteiger partial charge in [0, 0.05) is 0 Å². The van der Waals surface area contributed by atoms with Gasteiger partial charge >= 0.3 is 11.7 Å². The Balaban J connectivity index is 2.25. The zero-order chi connectivity index (χ0) is 15.9. The van der Waals surface area contributed by atoms with E-state index in [0.717, 1.165) is 5.56 Å². The first-order valence-electron chi connectivity index (χ1n) is 6.76. The normalized spacial score (nSPS) is 12.5. The molecule has 2 heterocycles. The van der Waals surface area contributed by atoms with Crippen molar-refractivity contribution in [1.82, 2.24) is 19.5 Å². The van der Waals surface area contributed by atoms with E-state index in [1.807, 2.05) is 37.3 Å². The van der Waals surface area contributed by atoms with E-state index in [4.69, 9.17) is 0 Å². The van der Waals surface area contributed by atoms with Gasteiger partial charge in [-0.2, -0.15) is 0 Å². The monoisotopic (exact) mass is 298 g/mol. The van der Waals surface area contributed by atoms with Crippen molar-refractivity contribution in [2.75, 3.05) is 0 Å². The smallest absolute Gasteiger partial charge is 0.356 e. The number of fused-ring (bicyclic) bond motifs is 1. The maximum absolute atomic E-state index is 12.2. The molecular weight excluding hydrogens is 284 g/mol. The fraction of sp³-hybridized carbons (Fsp3) is 0.200. The number of H-pyrrole nitrogens is 1. The summed E-state index contributed by atoms with van der Waals surface area (Å²) >= 11 is 0. The number of aromatic amines is 1. The highest BCUT2D eigenvalue weighted by atomic mass is 16.4. The number of carbonyl (C=O) groups is 1. The van der Waals surface area contributed by atoms with Gasteiger partial charge in [0.05, 0.1) is 11.7 Å². The average Bonchev–Trinajstić information content (AvgIpc) is 2.81. The van der Waals surface area contributed by atoms with Crippen molar-refractivity contribution in [3.05, 3.63) is 57.8 Å². The van der Waals surface area contributed by atoms with Crippen molar-refractivity contribution in [2.45, 2.75) is 19.9 Å². The van der Waals surface area contributed by atoms with Crippen molar-refractivity contribution in [2.24, 2.45) is 0 Å². The Kier molecular flexibility index (Phi) is 3.25. The van der Waals surface area contributed by atoms with Crippen LogP contribution in [0.2, 0.25) is 0 Å². The molecule has 2 N–H and O–H groups in total. The first-order valence-corrected chi connectivity index (χ1v) is 6.76. The molecule has 7 nitrogen and oxygen atoms in total. The van der Waals surface area contributed by atoms with E-state index in [-0.39, 0.29) is 34.4 Å². The van der Waals surface area contributed by atoms with Gasteiger partial charge in [0.2, 0.25) is 0 Å². The van der Waals surface area contributed by atoms with E-state index < -0.39 is 5.97 Å². The van der Waals surface area contributed by atoms with E-state index >= 15 is 0 Å². The van der Waals surface area contributed by atoms with Crippen LogP contribution in [0.25, 0.3) is 11.3 Å². The number of hydrogen-bond donors (Lipinski definition) is 2. The van der Waals surface area contributed by atoms with E-state index in [1.54, 1.807) is 6.92 Å². The van der Waals surface area contributed by atoms with Gasteiger partial charge in [0.25, 0.3) is 0 Å². The maximum Gasteiger partial charge on any atom is 0.356 e. The van der Waals surface area contributed by atoms with Crippen LogP contribution in [0.3, 0.4) is 0 Å². The number of nitrogens with one attached hydrogen (secondary N) is 1. The average molecular weight is 298 g/mol. The molecule has 0 aliphatic carbocycles. The third-order valence-electron chi connectivity index (χ3n) is 3.60. The van der Waals surface area contributed by atoms with Gasteiger partial charge in [-0.05, 0) is 19.4 Å². The molecule has 1 aromatic carbocycles. The summed E-state index contributed by atoms with van der Waals surface area (Å²) in [5, 5.41) is 9.18. The second kappa shape index (κ2) is 5.10. The van der Waals surface area contributed by atoms with Crippen LogP contribution < -0.4 is 5.69 Å². The number of aryl methyl sites for hydroxylation is 1. The highest BCUT2D eigenvalue weighted by molar-refractivity contribution is 5.88. The molecule has 0 saturated heterocycles. The number of imidazole rings is 1. The Bertz CT molecular complexity index is 912. The fourth-order valence-electron chi connectivity index (χ4n) is 2.46. The predicted octanol–water partition coefficient (Wildman–Crippen LogP) is 1.74. The van der Waals surface area contributed by atoms with Crippen LogP contribution in [0.15, 0.2) is 35.1 Å². The lowest BCUT2D eigenvalue weighted by atomic mass is 10.1. The van der Waals surface area contributed by atoms with Gasteiger partial charge in [0.1, 0.15) is 0 Å². The molecule has 112 valence electrons. The molecule has 2 aromatic heterocycles. The zero-order valence-electron chi connectivity index (χ0n) is 12.1. The third kappa shape index (κ3) is 2.16. The SMILES string of the molecule is Cc1nc2[nH]c(=O)n(C(C)c3ccccc3)c2nc1C(=O)O. The number of aromatic nitrogens is 4. The molecule has 0 spiro atoms. The first kappa shape index (κ1) is 14.0. The summed E-state index contributed by atoms with van der Waals surface area (Å²) < 4.78 is 1.42. The summed E-state index contributed by atoms with van der Waals surface area (Å²) in [6.45, 7) is 3.40. The van der Waals surface area contributed by atoms with Gasteiger partial charge in [-0.25, -0.2) is 19.6 Å². The molecule has 0 saturated carbocycles. The first-order chi connectivity index (χ1) is 10.5. The molecule has 22 heavy (non-hydrogen) atoms. The van der Waals surface area contributed by atoms with E-state index in [0.29, 0.717) is 0 Å². The van der Waals surface area contributed by atoms with Gasteiger partial charge in [0.15, 0.2) is 17.0 Å². The van der Waals surface area contributed by atoms with Crippen LogP contribution in [0.1, 0.15) is 34.7 Å². The summed E-state index contributed by atoms with van der Waals surface area (Å²) in [5.74, 6) is -1.17. The van der Waals surface area contributed by atoms with Crippen molar-refractivity contribution < 1.29 is 9.90 Å². The molecule has 0 amide bonds. The number of rotatable bonds is 3. The van der Waals surface area contributed by atoms with Crippen molar-refractivity contribution in [3.63, 3.8) is 0 Å². The molecule has 0 bridgehead atoms. The van der Waals surface area contributed by atoms with E-state index in [9.17, 15) is 14.7 Å². The molecule has 0 aliphatic rings. The Morgan fingerprint density at radius 3 is 2.59 bits per heavy atom. The third-order valence-corrected chi connectivity index (χ3v) is 3.60. The highest BCUT2D eigenvalue weighted by Gasteiger charge is 2.20. The number of benzene rings is 1. The zero-order valence-corrected chi connectivity index (χ0v) is 12.1. The molecule has 3 aromatic rings. The van der Waals surface area contributed by atoms with E-state index in [1.165, 1.54) is 4.57 Å². The number of carboxylic acid groups (broad SMARTS) is 1. The number of nitrogens with zero attached hydrogens (tertiary/aromatic N) is 3. The van der Waals surface area contributed by atoms with Crippen molar-refractivity contribution >= 4 is 17.3 Å².